The van der Waals surface area contributed by atoms with Crippen LogP contribution in [-0.2, 0) is 0 Å². The highest BCUT2D eigenvalue weighted by molar-refractivity contribution is 5.02. The van der Waals surface area contributed by atoms with Crippen LogP contribution in [0.4, 0.5) is 0 Å². The number of hydrogen-bond donors (Lipinski definition) is 0. The van der Waals surface area contributed by atoms with Gasteiger partial charge in [0.25, 0.3) is 0 Å². The Morgan fingerprint density at radius 3 is 1.69 bits per heavy atom. The van der Waals surface area contributed by atoms with E-state index in [2.05, 4.69) is 39.6 Å². The van der Waals surface area contributed by atoms with Gasteiger partial charge in [0, 0.05) is 25.7 Å². The second-order valence-electron chi connectivity index (χ2n) is 5.11. The highest BCUT2D eigenvalue weighted by atomic mass is 15.2. The van der Waals surface area contributed by atoms with Gasteiger partial charge in [0.1, 0.15) is 18.1 Å². The fourth-order valence-corrected chi connectivity index (χ4v) is 2.66. The Morgan fingerprint density at radius 2 is 1.38 bits per heavy atom. The number of hydrogen-bond acceptors (Lipinski definition) is 1. The van der Waals surface area contributed by atoms with Gasteiger partial charge in [0.15, 0.2) is 0 Å². The average molecular weight is 183 g/mol. The summed E-state index contributed by atoms with van der Waals surface area (Å²) in [5.41, 5.74) is 0.895. The minimum atomic E-state index is 0.447. The van der Waals surface area contributed by atoms with Crippen LogP contribution in [0.15, 0.2) is 0 Å². The first kappa shape index (κ1) is 11.0. The van der Waals surface area contributed by atoms with Gasteiger partial charge in [-0.15, -0.1) is 0 Å². The Labute approximate surface area is 83.5 Å². The summed E-state index contributed by atoms with van der Waals surface area (Å²) in [7, 11) is 2.31. The molecule has 0 saturated carbocycles. The summed E-state index contributed by atoms with van der Waals surface area (Å²) in [4.78, 5) is 2.63. The largest absolute Gasteiger partial charge is 0.163 e. The predicted octanol–water partition coefficient (Wildman–Crippen LogP) is 3.28. The van der Waals surface area contributed by atoms with Gasteiger partial charge >= 0.3 is 0 Å². The quantitative estimate of drug-likeness (QED) is 0.579. The van der Waals surface area contributed by atoms with E-state index in [9.17, 15) is 0 Å². The van der Waals surface area contributed by atoms with Gasteiger partial charge in [-0.25, -0.2) is 0 Å². The number of rotatable bonds is 2. The molecular formula is C12H25N+. The van der Waals surface area contributed by atoms with Gasteiger partial charge in [-0.1, -0.05) is 13.8 Å². The van der Waals surface area contributed by atoms with Crippen molar-refractivity contribution in [1.82, 2.24) is 4.90 Å². The summed E-state index contributed by atoms with van der Waals surface area (Å²) in [5.74, 6) is 0. The Balaban J connectivity index is 2.83. The minimum absolute atomic E-state index is 0.447. The molecule has 1 rings (SSSR count). The van der Waals surface area contributed by atoms with Crippen LogP contribution in [0.3, 0.4) is 0 Å². The zero-order valence-electron chi connectivity index (χ0n) is 9.98. The standard InChI is InChI=1S/C12H25N/c1-6-11(3)9-8-10-12(4,7-2)13(11)5/h6-10H2,1-5H3/q+1. The molecular weight excluding hydrogens is 158 g/mol. The van der Waals surface area contributed by atoms with Crippen molar-refractivity contribution < 1.29 is 0 Å². The van der Waals surface area contributed by atoms with Crippen LogP contribution in [0.5, 0.6) is 0 Å². The van der Waals surface area contributed by atoms with Crippen LogP contribution in [0.1, 0.15) is 59.8 Å². The maximum absolute atomic E-state index is 2.63. The molecule has 1 aliphatic heterocycles. The van der Waals surface area contributed by atoms with Crippen molar-refractivity contribution in [3.8, 4) is 0 Å². The molecule has 1 aliphatic rings. The Morgan fingerprint density at radius 1 is 1.00 bits per heavy atom. The minimum Gasteiger partial charge on any atom is -0.163 e. The molecule has 0 bridgehead atoms. The molecule has 0 N–H and O–H groups in total. The fourth-order valence-electron chi connectivity index (χ4n) is 2.66. The van der Waals surface area contributed by atoms with Crippen molar-refractivity contribution in [2.75, 3.05) is 7.05 Å². The average Bonchev–Trinajstić information content (AvgIpc) is 2.14. The van der Waals surface area contributed by atoms with E-state index in [1.807, 2.05) is 0 Å². The van der Waals surface area contributed by atoms with Gasteiger partial charge in [0.2, 0.25) is 0 Å². The van der Waals surface area contributed by atoms with E-state index in [0.29, 0.717) is 11.1 Å². The first-order valence-corrected chi connectivity index (χ1v) is 5.72. The predicted molar refractivity (Wildman–Crippen MR) is 59.3 cm³/mol. The summed E-state index contributed by atoms with van der Waals surface area (Å²) in [5, 5.41) is 0. The Hall–Kier alpha value is -0.0400. The molecule has 0 aromatic heterocycles. The summed E-state index contributed by atoms with van der Waals surface area (Å²) in [6.07, 6.45) is 6.70. The second kappa shape index (κ2) is 3.61. The molecule has 1 saturated heterocycles. The van der Waals surface area contributed by atoms with Gasteiger partial charge in [-0.2, -0.15) is 4.90 Å². The summed E-state index contributed by atoms with van der Waals surface area (Å²) < 4.78 is 0. The third kappa shape index (κ3) is 1.76. The zero-order chi connectivity index (χ0) is 10.1. The smallest absolute Gasteiger partial charge is 0.139 e. The first-order chi connectivity index (χ1) is 5.98. The summed E-state index contributed by atoms with van der Waals surface area (Å²) >= 11 is 0. The van der Waals surface area contributed by atoms with Crippen LogP contribution in [0.25, 0.3) is 0 Å². The van der Waals surface area contributed by atoms with Gasteiger partial charge in [-0.3, -0.25) is 0 Å². The normalized spacial score (nSPS) is 42.2. The van der Waals surface area contributed by atoms with Gasteiger partial charge in [0.05, 0.1) is 0 Å². The van der Waals surface area contributed by atoms with Crippen molar-refractivity contribution in [2.45, 2.75) is 70.9 Å². The van der Waals surface area contributed by atoms with E-state index in [1.165, 1.54) is 32.1 Å². The van der Waals surface area contributed by atoms with Crippen molar-refractivity contribution in [1.29, 1.82) is 0 Å². The molecule has 13 heavy (non-hydrogen) atoms. The van der Waals surface area contributed by atoms with Gasteiger partial charge in [-0.05, 0) is 20.3 Å². The molecule has 1 heterocycles. The summed E-state index contributed by atoms with van der Waals surface area (Å²) in [6.45, 7) is 9.47. The molecule has 0 aliphatic carbocycles. The summed E-state index contributed by atoms with van der Waals surface area (Å²) in [6, 6.07) is 0. The molecule has 1 radical (unpaired) electrons. The lowest BCUT2D eigenvalue weighted by Gasteiger charge is -2.44. The van der Waals surface area contributed by atoms with Gasteiger partial charge < -0.3 is 0 Å². The van der Waals surface area contributed by atoms with Crippen LogP contribution >= 0.6 is 0 Å². The van der Waals surface area contributed by atoms with E-state index < -0.39 is 0 Å². The van der Waals surface area contributed by atoms with Crippen LogP contribution in [0, 0.1) is 0 Å². The molecule has 1 fully saturated rings. The van der Waals surface area contributed by atoms with Crippen molar-refractivity contribution >= 4 is 0 Å². The lowest BCUT2D eigenvalue weighted by molar-refractivity contribution is 0.0541. The SMILES string of the molecule is CCC1(C)CCCC(C)(CC)[N+]1C. The monoisotopic (exact) mass is 183 g/mol. The lowest BCUT2D eigenvalue weighted by atomic mass is 9.76. The topological polar surface area (TPSA) is 5.90 Å². The van der Waals surface area contributed by atoms with Crippen molar-refractivity contribution in [3.05, 3.63) is 0 Å². The molecule has 2 atom stereocenters. The Kier molecular flexibility index (Phi) is 3.06. The highest BCUT2D eigenvalue weighted by Crippen LogP contribution is 2.38. The molecule has 2 unspecified atom stereocenters. The number of likely N-dealkylation sites (tertiary alicyclic amines) is 1. The molecule has 0 aromatic carbocycles. The van der Waals surface area contributed by atoms with Crippen molar-refractivity contribution in [3.63, 3.8) is 0 Å². The molecule has 0 aromatic rings. The zero-order valence-corrected chi connectivity index (χ0v) is 9.98. The van der Waals surface area contributed by atoms with E-state index in [1.54, 1.807) is 0 Å². The maximum atomic E-state index is 2.63. The highest BCUT2D eigenvalue weighted by Gasteiger charge is 2.50. The molecule has 1 nitrogen and oxygen atoms in total. The lowest BCUT2D eigenvalue weighted by Crippen LogP contribution is -2.62. The maximum Gasteiger partial charge on any atom is 0.139 e. The Bertz CT molecular complexity index is 160. The van der Waals surface area contributed by atoms with Crippen LogP contribution in [-0.4, -0.2) is 18.1 Å². The molecule has 0 spiro atoms. The van der Waals surface area contributed by atoms with Crippen LogP contribution < -0.4 is 4.90 Å². The van der Waals surface area contributed by atoms with E-state index in [-0.39, 0.29) is 0 Å². The first-order valence-electron chi connectivity index (χ1n) is 5.72. The van der Waals surface area contributed by atoms with E-state index in [0.717, 1.165) is 0 Å². The number of piperidine rings is 1. The number of nitrogens with zero attached hydrogens (tertiary/aromatic N) is 1. The van der Waals surface area contributed by atoms with E-state index in [4.69, 9.17) is 0 Å². The molecule has 0 amide bonds. The second-order valence-corrected chi connectivity index (χ2v) is 5.11. The third-order valence-electron chi connectivity index (χ3n) is 4.57. The molecule has 77 valence electrons. The van der Waals surface area contributed by atoms with Crippen LogP contribution in [0.2, 0.25) is 0 Å². The van der Waals surface area contributed by atoms with E-state index >= 15 is 0 Å². The van der Waals surface area contributed by atoms with Crippen molar-refractivity contribution in [2.24, 2.45) is 0 Å². The molecule has 1 heteroatoms. The fraction of sp³-hybridized carbons (Fsp3) is 1.00. The third-order valence-corrected chi connectivity index (χ3v) is 4.57.